The minimum Gasteiger partial charge on any atom is -0.454 e. The topological polar surface area (TPSA) is 82.1 Å². The van der Waals surface area contributed by atoms with E-state index < -0.39 is 10.1 Å². The lowest BCUT2D eigenvalue weighted by Gasteiger charge is -2.27. The molecule has 8 heteroatoms. The van der Waals surface area contributed by atoms with Gasteiger partial charge in [0.05, 0.1) is 6.26 Å². The Balaban J connectivity index is 1.82. The molecule has 27 heavy (non-hydrogen) atoms. The lowest BCUT2D eigenvalue weighted by Crippen LogP contribution is -2.36. The number of amides is 1. The highest BCUT2D eigenvalue weighted by molar-refractivity contribution is 7.86. The Morgan fingerprint density at radius 1 is 1.15 bits per heavy atom. The van der Waals surface area contributed by atoms with Crippen LogP contribution in [0.3, 0.4) is 0 Å². The maximum Gasteiger partial charge on any atom is 0.306 e. The molecule has 1 amide bonds. The van der Waals surface area contributed by atoms with Gasteiger partial charge in [-0.15, -0.1) is 0 Å². The van der Waals surface area contributed by atoms with Gasteiger partial charge in [-0.2, -0.15) is 8.42 Å². The molecule has 0 fully saturated rings. The van der Waals surface area contributed by atoms with Crippen molar-refractivity contribution in [3.63, 3.8) is 0 Å². The fourth-order valence-corrected chi connectivity index (χ4v) is 3.20. The minimum atomic E-state index is -3.61. The highest BCUT2D eigenvalue weighted by atomic mass is 32.2. The van der Waals surface area contributed by atoms with E-state index in [0.717, 1.165) is 11.8 Å². The Morgan fingerprint density at radius 2 is 1.89 bits per heavy atom. The third-order valence-corrected chi connectivity index (χ3v) is 4.50. The number of fused-ring (bicyclic) bond motifs is 1. The van der Waals surface area contributed by atoms with E-state index >= 15 is 0 Å². The normalized spacial score (nSPS) is 12.9. The second kappa shape index (κ2) is 7.48. The molecule has 0 saturated heterocycles. The highest BCUT2D eigenvalue weighted by Gasteiger charge is 2.22. The summed E-state index contributed by atoms with van der Waals surface area (Å²) < 4.78 is 38.2. The van der Waals surface area contributed by atoms with Gasteiger partial charge in [0.15, 0.2) is 11.5 Å². The number of hydrogen-bond donors (Lipinski definition) is 0. The molecular weight excluding hydrogens is 370 g/mol. The van der Waals surface area contributed by atoms with Gasteiger partial charge in [0.1, 0.15) is 5.75 Å². The van der Waals surface area contributed by atoms with Crippen molar-refractivity contribution in [2.24, 2.45) is 0 Å². The Hall–Kier alpha value is -2.74. The summed E-state index contributed by atoms with van der Waals surface area (Å²) in [5.74, 6) is 1.23. The van der Waals surface area contributed by atoms with Crippen molar-refractivity contribution in [3.8, 4) is 17.2 Å². The summed E-state index contributed by atoms with van der Waals surface area (Å²) in [6.45, 7) is 4.30. The summed E-state index contributed by atoms with van der Waals surface area (Å²) in [6.07, 6.45) is 0.989. The first-order valence-corrected chi connectivity index (χ1v) is 10.2. The smallest absolute Gasteiger partial charge is 0.306 e. The molecule has 1 aliphatic heterocycles. The van der Waals surface area contributed by atoms with Crippen LogP contribution >= 0.6 is 0 Å². The number of carbonyl (C=O) groups excluding carboxylic acids is 1. The molecule has 3 rings (SSSR count). The van der Waals surface area contributed by atoms with Crippen LogP contribution in [0.4, 0.5) is 0 Å². The van der Waals surface area contributed by atoms with Gasteiger partial charge in [-0.25, -0.2) is 0 Å². The van der Waals surface area contributed by atoms with Crippen LogP contribution in [0.15, 0.2) is 42.5 Å². The van der Waals surface area contributed by atoms with E-state index in [0.29, 0.717) is 23.6 Å². The Bertz CT molecular complexity index is 954. The Morgan fingerprint density at radius 3 is 2.59 bits per heavy atom. The summed E-state index contributed by atoms with van der Waals surface area (Å²) in [5.41, 5.74) is 1.26. The second-order valence-electron chi connectivity index (χ2n) is 6.53. The molecule has 7 nitrogen and oxygen atoms in total. The van der Waals surface area contributed by atoms with Crippen LogP contribution < -0.4 is 13.7 Å². The third kappa shape index (κ3) is 4.71. The molecule has 0 aromatic heterocycles. The van der Waals surface area contributed by atoms with Crippen molar-refractivity contribution in [3.05, 3.63) is 53.6 Å². The number of benzene rings is 2. The third-order valence-electron chi connectivity index (χ3n) is 4.00. The molecule has 0 spiro atoms. The van der Waals surface area contributed by atoms with Crippen LogP contribution in [0.5, 0.6) is 17.2 Å². The van der Waals surface area contributed by atoms with Crippen molar-refractivity contribution in [2.75, 3.05) is 13.0 Å². The average molecular weight is 391 g/mol. The van der Waals surface area contributed by atoms with E-state index in [9.17, 15) is 13.2 Å². The quantitative estimate of drug-likeness (QED) is 0.705. The van der Waals surface area contributed by atoms with E-state index in [1.54, 1.807) is 41.3 Å². The number of ether oxygens (including phenoxy) is 2. The Labute approximate surface area is 158 Å². The van der Waals surface area contributed by atoms with E-state index in [2.05, 4.69) is 0 Å². The lowest BCUT2D eigenvalue weighted by atomic mass is 10.1. The molecule has 0 bridgehead atoms. The molecule has 0 saturated carbocycles. The lowest BCUT2D eigenvalue weighted by molar-refractivity contribution is 0.0689. The van der Waals surface area contributed by atoms with Crippen molar-refractivity contribution < 1.29 is 26.9 Å². The largest absolute Gasteiger partial charge is 0.454 e. The molecule has 0 atom stereocenters. The number of hydrogen-bond acceptors (Lipinski definition) is 6. The molecular formula is C19H21NO6S. The molecule has 144 valence electrons. The van der Waals surface area contributed by atoms with Gasteiger partial charge < -0.3 is 18.6 Å². The number of carbonyl (C=O) groups is 1. The Kier molecular flexibility index (Phi) is 5.27. The van der Waals surface area contributed by atoms with Crippen molar-refractivity contribution in [1.29, 1.82) is 0 Å². The van der Waals surface area contributed by atoms with Gasteiger partial charge >= 0.3 is 10.1 Å². The molecule has 0 unspecified atom stereocenters. The van der Waals surface area contributed by atoms with Crippen LogP contribution in [-0.2, 0) is 16.7 Å². The summed E-state index contributed by atoms with van der Waals surface area (Å²) in [6, 6.07) is 11.7. The molecule has 1 heterocycles. The summed E-state index contributed by atoms with van der Waals surface area (Å²) >= 11 is 0. The first kappa shape index (κ1) is 19.0. The van der Waals surface area contributed by atoms with Gasteiger partial charge in [0, 0.05) is 18.2 Å². The van der Waals surface area contributed by atoms with Crippen LogP contribution in [0.1, 0.15) is 29.8 Å². The molecule has 0 N–H and O–H groups in total. The van der Waals surface area contributed by atoms with Crippen molar-refractivity contribution in [2.45, 2.75) is 26.4 Å². The average Bonchev–Trinajstić information content (AvgIpc) is 3.05. The van der Waals surface area contributed by atoms with E-state index in [4.69, 9.17) is 13.7 Å². The van der Waals surface area contributed by atoms with Gasteiger partial charge in [-0.05, 0) is 49.7 Å². The first-order valence-electron chi connectivity index (χ1n) is 8.42. The predicted octanol–water partition coefficient (Wildman–Crippen LogP) is 2.80. The van der Waals surface area contributed by atoms with Gasteiger partial charge in [0.25, 0.3) is 5.91 Å². The fourth-order valence-electron chi connectivity index (χ4n) is 2.75. The monoisotopic (exact) mass is 391 g/mol. The molecule has 1 aliphatic rings. The van der Waals surface area contributed by atoms with Crippen LogP contribution in [0.2, 0.25) is 0 Å². The summed E-state index contributed by atoms with van der Waals surface area (Å²) in [5, 5.41) is 0. The minimum absolute atomic E-state index is 0.0672. The molecule has 0 aliphatic carbocycles. The van der Waals surface area contributed by atoms with Gasteiger partial charge in [-0.1, -0.05) is 12.1 Å². The maximum absolute atomic E-state index is 13.0. The van der Waals surface area contributed by atoms with Crippen molar-refractivity contribution in [1.82, 2.24) is 4.90 Å². The number of nitrogens with zero attached hydrogens (tertiary/aromatic N) is 1. The molecule has 2 aromatic carbocycles. The second-order valence-corrected chi connectivity index (χ2v) is 8.10. The van der Waals surface area contributed by atoms with Crippen molar-refractivity contribution >= 4 is 16.0 Å². The molecule has 2 aromatic rings. The SMILES string of the molecule is CC(C)N(Cc1cccc(OS(C)(=O)=O)c1)C(=O)c1ccc2c(c1)OCO2. The zero-order chi connectivity index (χ0) is 19.6. The van der Waals surface area contributed by atoms with Gasteiger partial charge in [-0.3, -0.25) is 4.79 Å². The highest BCUT2D eigenvalue weighted by Crippen LogP contribution is 2.33. The molecule has 0 radical (unpaired) electrons. The first-order chi connectivity index (χ1) is 12.7. The van der Waals surface area contributed by atoms with E-state index in [1.807, 2.05) is 19.9 Å². The van der Waals surface area contributed by atoms with Crippen LogP contribution in [0.25, 0.3) is 0 Å². The van der Waals surface area contributed by atoms with Crippen LogP contribution in [0, 0.1) is 0 Å². The van der Waals surface area contributed by atoms with Crippen LogP contribution in [-0.4, -0.2) is 38.3 Å². The number of rotatable bonds is 6. The van der Waals surface area contributed by atoms with E-state index in [-0.39, 0.29) is 24.5 Å². The van der Waals surface area contributed by atoms with E-state index in [1.165, 1.54) is 0 Å². The predicted molar refractivity (Wildman–Crippen MR) is 99.5 cm³/mol. The summed E-state index contributed by atoms with van der Waals surface area (Å²) in [4.78, 5) is 14.7. The maximum atomic E-state index is 13.0. The zero-order valence-electron chi connectivity index (χ0n) is 15.3. The van der Waals surface area contributed by atoms with Gasteiger partial charge in [0.2, 0.25) is 6.79 Å². The standard InChI is InChI=1S/C19H21NO6S/c1-13(2)20(11-14-5-4-6-16(9-14)26-27(3,22)23)19(21)15-7-8-17-18(10-15)25-12-24-17/h4-10,13H,11-12H2,1-3H3. The zero-order valence-corrected chi connectivity index (χ0v) is 16.2. The fraction of sp³-hybridized carbons (Fsp3) is 0.316. The summed E-state index contributed by atoms with van der Waals surface area (Å²) in [7, 11) is -3.61.